The lowest BCUT2D eigenvalue weighted by Gasteiger charge is -2.18. The molecule has 0 radical (unpaired) electrons. The van der Waals surface area contributed by atoms with Crippen molar-refractivity contribution in [3.05, 3.63) is 41.0 Å². The molecule has 5 nitrogen and oxygen atoms in total. The summed E-state index contributed by atoms with van der Waals surface area (Å²) in [5.41, 5.74) is 1.69. The van der Waals surface area contributed by atoms with Crippen molar-refractivity contribution in [3.63, 3.8) is 0 Å². The van der Waals surface area contributed by atoms with E-state index < -0.39 is 0 Å². The van der Waals surface area contributed by atoms with Gasteiger partial charge in [0, 0.05) is 23.1 Å². The molecule has 0 fully saturated rings. The van der Waals surface area contributed by atoms with E-state index in [1.807, 2.05) is 29.9 Å². The molecule has 110 valence electrons. The molecule has 0 aromatic carbocycles. The predicted molar refractivity (Wildman–Crippen MR) is 86.4 cm³/mol. The Kier molecular flexibility index (Phi) is 3.99. The Morgan fingerprint density at radius 2 is 2.19 bits per heavy atom. The Balaban J connectivity index is 2.08. The first kappa shape index (κ1) is 14.5. The van der Waals surface area contributed by atoms with Crippen molar-refractivity contribution in [1.29, 1.82) is 0 Å². The molecule has 0 bridgehead atoms. The molecule has 2 unspecified atom stereocenters. The van der Waals surface area contributed by atoms with Gasteiger partial charge in [-0.2, -0.15) is 5.10 Å². The highest BCUT2D eigenvalue weighted by Gasteiger charge is 2.20. The van der Waals surface area contributed by atoms with Crippen molar-refractivity contribution in [2.24, 2.45) is 0 Å². The Bertz CT molecular complexity index is 750. The molecule has 7 heteroatoms. The number of pyridine rings is 1. The molecule has 0 aliphatic rings. The van der Waals surface area contributed by atoms with Gasteiger partial charge in [-0.05, 0) is 41.9 Å². The number of alkyl halides is 1. The molecular formula is C14H15BrClN5. The lowest BCUT2D eigenvalue weighted by Crippen LogP contribution is -2.16. The van der Waals surface area contributed by atoms with Crippen LogP contribution in [0.1, 0.15) is 31.1 Å². The highest BCUT2D eigenvalue weighted by molar-refractivity contribution is 9.10. The quantitative estimate of drug-likeness (QED) is 0.655. The number of hydrogen-bond acceptors (Lipinski definition) is 3. The molecule has 0 aliphatic carbocycles. The summed E-state index contributed by atoms with van der Waals surface area (Å²) in [6.45, 7) is 4.79. The van der Waals surface area contributed by atoms with Crippen molar-refractivity contribution >= 4 is 38.7 Å². The van der Waals surface area contributed by atoms with E-state index in [1.54, 1.807) is 12.4 Å². The number of nitrogens with zero attached hydrogens (tertiary/aromatic N) is 5. The predicted octanol–water partition coefficient (Wildman–Crippen LogP) is 3.95. The maximum absolute atomic E-state index is 6.30. The van der Waals surface area contributed by atoms with Gasteiger partial charge in [0.05, 0.1) is 18.0 Å². The summed E-state index contributed by atoms with van der Waals surface area (Å²) in [5, 5.41) is 4.07. The summed E-state index contributed by atoms with van der Waals surface area (Å²) in [7, 11) is 0. The van der Waals surface area contributed by atoms with Crippen LogP contribution in [-0.2, 0) is 6.54 Å². The summed E-state index contributed by atoms with van der Waals surface area (Å²) in [5.74, 6) is 0.830. The molecule has 2 atom stereocenters. The Morgan fingerprint density at radius 1 is 1.38 bits per heavy atom. The molecule has 0 amide bonds. The van der Waals surface area contributed by atoms with Crippen LogP contribution in [0, 0.1) is 0 Å². The van der Waals surface area contributed by atoms with E-state index in [2.05, 4.69) is 42.5 Å². The molecular weight excluding hydrogens is 354 g/mol. The summed E-state index contributed by atoms with van der Waals surface area (Å²) in [4.78, 5) is 9.13. The van der Waals surface area contributed by atoms with E-state index in [9.17, 15) is 0 Å². The molecule has 3 aromatic heterocycles. The fourth-order valence-corrected chi connectivity index (χ4v) is 2.92. The normalized spacial score (nSPS) is 14.5. The second kappa shape index (κ2) is 5.77. The van der Waals surface area contributed by atoms with Gasteiger partial charge in [-0.1, -0.05) is 0 Å². The van der Waals surface area contributed by atoms with E-state index in [-0.39, 0.29) is 11.4 Å². The third-order valence-electron chi connectivity index (χ3n) is 3.33. The van der Waals surface area contributed by atoms with Gasteiger partial charge in [0.25, 0.3) is 0 Å². The van der Waals surface area contributed by atoms with E-state index >= 15 is 0 Å². The molecule has 0 saturated carbocycles. The maximum Gasteiger partial charge on any atom is 0.160 e. The zero-order valence-electron chi connectivity index (χ0n) is 11.7. The lowest BCUT2D eigenvalue weighted by atomic mass is 10.3. The van der Waals surface area contributed by atoms with Crippen LogP contribution in [0.5, 0.6) is 0 Å². The van der Waals surface area contributed by atoms with Gasteiger partial charge >= 0.3 is 0 Å². The highest BCUT2D eigenvalue weighted by Crippen LogP contribution is 2.28. The molecule has 0 spiro atoms. The molecule has 0 N–H and O–H groups in total. The average molecular weight is 369 g/mol. The van der Waals surface area contributed by atoms with Gasteiger partial charge in [0.2, 0.25) is 0 Å². The lowest BCUT2D eigenvalue weighted by molar-refractivity contribution is 0.432. The third-order valence-corrected chi connectivity index (χ3v) is 3.96. The Hall–Kier alpha value is -1.40. The zero-order chi connectivity index (χ0) is 15.0. The topological polar surface area (TPSA) is 48.5 Å². The van der Waals surface area contributed by atoms with Gasteiger partial charge in [0.1, 0.15) is 11.3 Å². The van der Waals surface area contributed by atoms with Crippen LogP contribution < -0.4 is 0 Å². The number of imidazole rings is 1. The minimum Gasteiger partial charge on any atom is -0.307 e. The minimum atomic E-state index is -0.182. The van der Waals surface area contributed by atoms with Crippen molar-refractivity contribution in [2.45, 2.75) is 31.8 Å². The van der Waals surface area contributed by atoms with Crippen LogP contribution in [0.2, 0.25) is 0 Å². The third kappa shape index (κ3) is 2.82. The van der Waals surface area contributed by atoms with Crippen molar-refractivity contribution in [1.82, 2.24) is 24.3 Å². The zero-order valence-corrected chi connectivity index (χ0v) is 14.1. The van der Waals surface area contributed by atoms with Gasteiger partial charge in [-0.3, -0.25) is 4.68 Å². The molecule has 3 aromatic rings. The number of halogens is 2. The summed E-state index contributed by atoms with van der Waals surface area (Å²) in [6.07, 6.45) is 5.51. The first-order chi connectivity index (χ1) is 10.1. The van der Waals surface area contributed by atoms with E-state index in [0.717, 1.165) is 28.0 Å². The Labute approximate surface area is 136 Å². The summed E-state index contributed by atoms with van der Waals surface area (Å²) in [6, 6.07) is 4.03. The van der Waals surface area contributed by atoms with Crippen LogP contribution in [0.4, 0.5) is 0 Å². The summed E-state index contributed by atoms with van der Waals surface area (Å²) < 4.78 is 4.91. The fraction of sp³-hybridized carbons (Fsp3) is 0.357. The first-order valence-electron chi connectivity index (χ1n) is 6.71. The van der Waals surface area contributed by atoms with Gasteiger partial charge < -0.3 is 4.57 Å². The number of hydrogen-bond donors (Lipinski definition) is 0. The van der Waals surface area contributed by atoms with Crippen molar-refractivity contribution < 1.29 is 0 Å². The van der Waals surface area contributed by atoms with Crippen LogP contribution in [0.15, 0.2) is 35.2 Å². The van der Waals surface area contributed by atoms with Crippen molar-refractivity contribution in [3.8, 4) is 0 Å². The van der Waals surface area contributed by atoms with Crippen LogP contribution in [-0.4, -0.2) is 24.3 Å². The Morgan fingerprint density at radius 3 is 2.86 bits per heavy atom. The number of rotatable bonds is 4. The number of aromatic nitrogens is 5. The van der Waals surface area contributed by atoms with Gasteiger partial charge in [-0.25, -0.2) is 9.97 Å². The maximum atomic E-state index is 6.30. The second-order valence-electron chi connectivity index (χ2n) is 5.03. The van der Waals surface area contributed by atoms with Crippen LogP contribution >= 0.6 is 27.5 Å². The van der Waals surface area contributed by atoms with Gasteiger partial charge in [0.15, 0.2) is 5.65 Å². The second-order valence-corrected chi connectivity index (χ2v) is 6.60. The standard InChI is InChI=1S/C14H15BrClN5/c1-9(8-20-5-3-4-18-20)21-13(10(2)16)19-12-6-11(15)7-17-14(12)21/h3-7,9-10H,8H2,1-2H3. The molecule has 0 aliphatic heterocycles. The molecule has 3 rings (SSSR count). The average Bonchev–Trinajstić information content (AvgIpc) is 3.04. The fourth-order valence-electron chi connectivity index (χ4n) is 2.45. The van der Waals surface area contributed by atoms with Crippen molar-refractivity contribution in [2.75, 3.05) is 0 Å². The highest BCUT2D eigenvalue weighted by atomic mass is 79.9. The smallest absolute Gasteiger partial charge is 0.160 e. The first-order valence-corrected chi connectivity index (χ1v) is 7.94. The van der Waals surface area contributed by atoms with E-state index in [4.69, 9.17) is 11.6 Å². The molecule has 0 saturated heterocycles. The summed E-state index contributed by atoms with van der Waals surface area (Å²) >= 11 is 9.73. The minimum absolute atomic E-state index is 0.153. The van der Waals surface area contributed by atoms with E-state index in [1.165, 1.54) is 0 Å². The monoisotopic (exact) mass is 367 g/mol. The molecule has 3 heterocycles. The molecule has 21 heavy (non-hydrogen) atoms. The SMILES string of the molecule is CC(Cl)c1nc2cc(Br)cnc2n1C(C)Cn1cccn1. The largest absolute Gasteiger partial charge is 0.307 e. The van der Waals surface area contributed by atoms with Crippen LogP contribution in [0.3, 0.4) is 0 Å². The number of fused-ring (bicyclic) bond motifs is 1. The van der Waals surface area contributed by atoms with E-state index in [0.29, 0.717) is 0 Å². The van der Waals surface area contributed by atoms with Crippen LogP contribution in [0.25, 0.3) is 11.2 Å². The van der Waals surface area contributed by atoms with Gasteiger partial charge in [-0.15, -0.1) is 11.6 Å².